The van der Waals surface area contributed by atoms with Gasteiger partial charge < -0.3 is 5.73 Å². The van der Waals surface area contributed by atoms with Gasteiger partial charge in [0.1, 0.15) is 11.2 Å². The van der Waals surface area contributed by atoms with E-state index in [1.165, 1.54) is 0 Å². The molecule has 0 unspecified atom stereocenters. The highest BCUT2D eigenvalue weighted by molar-refractivity contribution is 6.20. The van der Waals surface area contributed by atoms with Crippen molar-refractivity contribution in [1.29, 1.82) is 0 Å². The average molecular weight is 337 g/mol. The Hall–Kier alpha value is -3.73. The number of para-hydroxylation sites is 1. The normalized spacial score (nSPS) is 12.4. The fourth-order valence-corrected chi connectivity index (χ4v) is 3.41. The van der Waals surface area contributed by atoms with E-state index < -0.39 is 0 Å². The number of fused-ring (bicyclic) bond motifs is 2. The fraction of sp³-hybridized carbons (Fsp3) is 0. The summed E-state index contributed by atoms with van der Waals surface area (Å²) >= 11 is 0. The largest absolute Gasteiger partial charge is 0.367 e. The van der Waals surface area contributed by atoms with Gasteiger partial charge in [-0.05, 0) is 23.8 Å². The molecule has 0 bridgehead atoms. The summed E-state index contributed by atoms with van der Waals surface area (Å²) in [6, 6.07) is 18.2. The van der Waals surface area contributed by atoms with Crippen molar-refractivity contribution in [2.75, 3.05) is 5.73 Å². The second kappa shape index (κ2) is 5.39. The van der Waals surface area contributed by atoms with Gasteiger partial charge in [0.15, 0.2) is 0 Å². The highest BCUT2D eigenvalue weighted by Gasteiger charge is 2.23. The monoisotopic (exact) mass is 337 g/mol. The molecule has 4 aromatic rings. The van der Waals surface area contributed by atoms with Gasteiger partial charge in [0, 0.05) is 22.9 Å². The summed E-state index contributed by atoms with van der Waals surface area (Å²) < 4.78 is 1.78. The van der Waals surface area contributed by atoms with Gasteiger partial charge in [0.2, 0.25) is 5.95 Å². The molecule has 0 fully saturated rings. The quantitative estimate of drug-likeness (QED) is 0.527. The lowest BCUT2D eigenvalue weighted by atomic mass is 10.0. The molecule has 0 amide bonds. The SMILES string of the molecule is C=Cc1cccc(C2=Nc3ccccc3-c3nc(N)nn4ccc2c34)c1. The molecule has 26 heavy (non-hydrogen) atoms. The van der Waals surface area contributed by atoms with Crippen LogP contribution < -0.4 is 5.73 Å². The average Bonchev–Trinajstić information content (AvgIpc) is 3.03. The van der Waals surface area contributed by atoms with Gasteiger partial charge in [-0.3, -0.25) is 0 Å². The molecule has 124 valence electrons. The molecule has 0 saturated carbocycles. The molecule has 0 spiro atoms. The second-order valence-electron chi connectivity index (χ2n) is 6.15. The number of nitrogen functional groups attached to an aromatic ring is 1. The van der Waals surface area contributed by atoms with Crippen LogP contribution >= 0.6 is 0 Å². The number of nitrogens with zero attached hydrogens (tertiary/aromatic N) is 4. The molecule has 0 saturated heterocycles. The van der Waals surface area contributed by atoms with Gasteiger partial charge in [0.25, 0.3) is 0 Å². The zero-order valence-corrected chi connectivity index (χ0v) is 13.9. The molecule has 0 radical (unpaired) electrons. The molecular formula is C21H15N5. The third kappa shape index (κ3) is 2.07. The maximum absolute atomic E-state index is 5.93. The van der Waals surface area contributed by atoms with E-state index in [4.69, 9.17) is 10.7 Å². The Morgan fingerprint density at radius 1 is 1.00 bits per heavy atom. The number of rotatable bonds is 2. The standard InChI is InChI=1S/C21H15N5/c1-2-13-6-5-7-14(12-13)18-16-10-11-26-20(16)19(24-21(22)25-26)15-8-3-4-9-17(15)23-18/h2-12H,1H2,(H2,22,25). The molecular weight excluding hydrogens is 322 g/mol. The predicted molar refractivity (Wildman–Crippen MR) is 105 cm³/mol. The van der Waals surface area contributed by atoms with Crippen LogP contribution in [0.1, 0.15) is 16.7 Å². The molecule has 1 aliphatic heterocycles. The smallest absolute Gasteiger partial charge is 0.238 e. The highest BCUT2D eigenvalue weighted by atomic mass is 15.3. The third-order valence-electron chi connectivity index (χ3n) is 4.57. The van der Waals surface area contributed by atoms with Crippen molar-refractivity contribution in [2.24, 2.45) is 4.99 Å². The van der Waals surface area contributed by atoms with Gasteiger partial charge in [-0.15, -0.1) is 5.10 Å². The van der Waals surface area contributed by atoms with Crippen molar-refractivity contribution in [3.05, 3.63) is 84.1 Å². The number of nitrogens with two attached hydrogens (primary N) is 1. The summed E-state index contributed by atoms with van der Waals surface area (Å²) in [5.41, 5.74) is 13.4. The maximum atomic E-state index is 5.93. The minimum atomic E-state index is 0.238. The van der Waals surface area contributed by atoms with E-state index in [9.17, 15) is 0 Å². The van der Waals surface area contributed by atoms with Crippen LogP contribution in [0.2, 0.25) is 0 Å². The molecule has 5 nitrogen and oxygen atoms in total. The van der Waals surface area contributed by atoms with Crippen LogP contribution in [0.25, 0.3) is 22.9 Å². The first-order valence-corrected chi connectivity index (χ1v) is 8.31. The predicted octanol–water partition coefficient (Wildman–Crippen LogP) is 4.10. The van der Waals surface area contributed by atoms with E-state index >= 15 is 0 Å². The second-order valence-corrected chi connectivity index (χ2v) is 6.15. The summed E-state index contributed by atoms with van der Waals surface area (Å²) in [7, 11) is 0. The molecule has 5 rings (SSSR count). The molecule has 2 aromatic carbocycles. The molecule has 2 N–H and O–H groups in total. The molecule has 2 aromatic heterocycles. The fourth-order valence-electron chi connectivity index (χ4n) is 3.41. The molecule has 3 heterocycles. The molecule has 5 heteroatoms. The number of benzene rings is 2. The topological polar surface area (TPSA) is 68.6 Å². The molecule has 0 atom stereocenters. The van der Waals surface area contributed by atoms with Crippen molar-refractivity contribution in [2.45, 2.75) is 0 Å². The Morgan fingerprint density at radius 2 is 1.88 bits per heavy atom. The highest BCUT2D eigenvalue weighted by Crippen LogP contribution is 2.38. The first-order valence-electron chi connectivity index (χ1n) is 8.31. The summed E-state index contributed by atoms with van der Waals surface area (Å²) in [6.45, 7) is 3.87. The third-order valence-corrected chi connectivity index (χ3v) is 4.57. The Kier molecular flexibility index (Phi) is 3.03. The van der Waals surface area contributed by atoms with Gasteiger partial charge in [-0.25, -0.2) is 14.5 Å². The van der Waals surface area contributed by atoms with Crippen molar-refractivity contribution >= 4 is 28.9 Å². The van der Waals surface area contributed by atoms with Crippen molar-refractivity contribution in [1.82, 2.24) is 14.6 Å². The van der Waals surface area contributed by atoms with E-state index in [-0.39, 0.29) is 5.95 Å². The van der Waals surface area contributed by atoms with E-state index in [1.54, 1.807) is 4.52 Å². The Balaban J connectivity index is 1.91. The van der Waals surface area contributed by atoms with Crippen LogP contribution in [-0.2, 0) is 0 Å². The number of anilines is 1. The number of hydrogen-bond acceptors (Lipinski definition) is 4. The van der Waals surface area contributed by atoms with Crippen molar-refractivity contribution in [3.8, 4) is 11.3 Å². The zero-order valence-electron chi connectivity index (χ0n) is 13.9. The van der Waals surface area contributed by atoms with Gasteiger partial charge >= 0.3 is 0 Å². The van der Waals surface area contributed by atoms with Crippen LogP contribution in [0.5, 0.6) is 0 Å². The zero-order chi connectivity index (χ0) is 17.7. The van der Waals surface area contributed by atoms with E-state index in [1.807, 2.05) is 54.7 Å². The van der Waals surface area contributed by atoms with E-state index in [0.29, 0.717) is 0 Å². The van der Waals surface area contributed by atoms with Gasteiger partial charge in [-0.2, -0.15) is 0 Å². The molecule has 1 aliphatic rings. The number of hydrogen-bond donors (Lipinski definition) is 1. The summed E-state index contributed by atoms with van der Waals surface area (Å²) in [5.74, 6) is 0.238. The van der Waals surface area contributed by atoms with Crippen molar-refractivity contribution < 1.29 is 0 Å². The Labute approximate surface area is 150 Å². The van der Waals surface area contributed by atoms with Crippen LogP contribution in [0.4, 0.5) is 11.6 Å². The van der Waals surface area contributed by atoms with Crippen LogP contribution in [0, 0.1) is 0 Å². The molecule has 0 aliphatic carbocycles. The lowest BCUT2D eigenvalue weighted by Gasteiger charge is -2.07. The van der Waals surface area contributed by atoms with E-state index in [2.05, 4.69) is 28.8 Å². The minimum absolute atomic E-state index is 0.238. The van der Waals surface area contributed by atoms with Gasteiger partial charge in [-0.1, -0.05) is 49.1 Å². The Morgan fingerprint density at radius 3 is 2.77 bits per heavy atom. The lowest BCUT2D eigenvalue weighted by Crippen LogP contribution is -2.06. The van der Waals surface area contributed by atoms with Crippen LogP contribution in [0.3, 0.4) is 0 Å². The maximum Gasteiger partial charge on any atom is 0.238 e. The summed E-state index contributed by atoms with van der Waals surface area (Å²) in [4.78, 5) is 9.51. The van der Waals surface area contributed by atoms with Crippen LogP contribution in [0.15, 0.2) is 72.4 Å². The number of aromatic nitrogens is 3. The first-order chi connectivity index (χ1) is 12.7. The van der Waals surface area contributed by atoms with Gasteiger partial charge in [0.05, 0.1) is 11.4 Å². The number of aliphatic imine (C=N–C) groups is 1. The van der Waals surface area contributed by atoms with Crippen LogP contribution in [-0.4, -0.2) is 20.3 Å². The first kappa shape index (κ1) is 14.6. The minimum Gasteiger partial charge on any atom is -0.367 e. The lowest BCUT2D eigenvalue weighted by molar-refractivity contribution is 0.920. The Bertz CT molecular complexity index is 1220. The summed E-state index contributed by atoms with van der Waals surface area (Å²) in [5, 5.41) is 4.33. The van der Waals surface area contributed by atoms with Crippen molar-refractivity contribution in [3.63, 3.8) is 0 Å². The summed E-state index contributed by atoms with van der Waals surface area (Å²) in [6.07, 6.45) is 3.73. The van der Waals surface area contributed by atoms with E-state index in [0.717, 1.165) is 44.9 Å².